The van der Waals surface area contributed by atoms with Gasteiger partial charge in [0.05, 0.1) is 28.1 Å². The summed E-state index contributed by atoms with van der Waals surface area (Å²) < 4.78 is 23.6. The van der Waals surface area contributed by atoms with Crippen LogP contribution in [-0.4, -0.2) is 56.5 Å². The van der Waals surface area contributed by atoms with Crippen LogP contribution in [0, 0.1) is 0 Å². The minimum absolute atomic E-state index is 0.0685. The number of imidazole rings is 1. The summed E-state index contributed by atoms with van der Waals surface area (Å²) in [7, 11) is 2.11. The predicted octanol–water partition coefficient (Wildman–Crippen LogP) is 7.30. The smallest absolute Gasteiger partial charge is 0.410 e. The van der Waals surface area contributed by atoms with E-state index < -0.39 is 5.60 Å². The van der Waals surface area contributed by atoms with Crippen LogP contribution in [-0.2, 0) is 24.8 Å². The number of fused-ring (bicyclic) bond motifs is 1. The van der Waals surface area contributed by atoms with Gasteiger partial charge in [-0.05, 0) is 81.8 Å². The fourth-order valence-corrected chi connectivity index (χ4v) is 6.10. The number of nitrogens with zero attached hydrogens (tertiary/aromatic N) is 4. The van der Waals surface area contributed by atoms with Crippen molar-refractivity contribution in [1.29, 1.82) is 0 Å². The summed E-state index contributed by atoms with van der Waals surface area (Å²) in [6.07, 6.45) is 6.59. The molecule has 0 N–H and O–H groups in total. The quantitative estimate of drug-likeness (QED) is 0.208. The maximum absolute atomic E-state index is 12.5. The second-order valence-electron chi connectivity index (χ2n) is 11.7. The van der Waals surface area contributed by atoms with Gasteiger partial charge in [0.2, 0.25) is 0 Å². The van der Waals surface area contributed by atoms with Crippen LogP contribution >= 0.6 is 11.3 Å². The highest BCUT2D eigenvalue weighted by Crippen LogP contribution is 2.30. The van der Waals surface area contributed by atoms with Gasteiger partial charge in [0.15, 0.2) is 5.82 Å². The Morgan fingerprint density at radius 3 is 2.61 bits per heavy atom. The molecule has 0 radical (unpaired) electrons. The molecule has 8 nitrogen and oxygen atoms in total. The van der Waals surface area contributed by atoms with Gasteiger partial charge in [-0.1, -0.05) is 13.3 Å². The molecular formula is C32H42N4O4S. The molecule has 1 aliphatic heterocycles. The number of hydrogen-bond acceptors (Lipinski definition) is 6. The molecule has 4 aromatic rings. The van der Waals surface area contributed by atoms with Gasteiger partial charge >= 0.3 is 6.09 Å². The standard InChI is InChI=1S/C32H42N4O4S/c1-6-8-23-22-36(30(33-23)28-21-29-27(34(28)5)15-20-41-29)18-19-38-24-10-12-26(13-11-24)39-25-9-7-16-35(17-14-25)31(37)40-32(2,3)4/h10-13,15,20-22,25H,6-9,14,16-19H2,1-5H3. The number of aromatic nitrogens is 3. The van der Waals surface area contributed by atoms with Gasteiger partial charge in [-0.15, -0.1) is 11.3 Å². The SMILES string of the molecule is CCCc1cn(CCOc2ccc(OC3CCCN(C(=O)OC(C)(C)C)CC3)cc2)c(-c2cc3sccc3n2C)n1. The molecule has 41 heavy (non-hydrogen) atoms. The van der Waals surface area contributed by atoms with E-state index in [4.69, 9.17) is 19.2 Å². The summed E-state index contributed by atoms with van der Waals surface area (Å²) in [4.78, 5) is 19.2. The molecule has 0 saturated carbocycles. The molecule has 220 valence electrons. The third-order valence-electron chi connectivity index (χ3n) is 7.28. The lowest BCUT2D eigenvalue weighted by Crippen LogP contribution is -2.37. The molecule has 1 saturated heterocycles. The molecular weight excluding hydrogens is 536 g/mol. The number of carbonyl (C=O) groups excluding carboxylic acids is 1. The van der Waals surface area contributed by atoms with E-state index in [1.807, 2.05) is 45.0 Å². The highest BCUT2D eigenvalue weighted by molar-refractivity contribution is 7.17. The van der Waals surface area contributed by atoms with Crippen molar-refractivity contribution >= 4 is 27.6 Å². The van der Waals surface area contributed by atoms with Crippen LogP contribution in [0.4, 0.5) is 4.79 Å². The molecule has 1 fully saturated rings. The van der Waals surface area contributed by atoms with Gasteiger partial charge in [-0.25, -0.2) is 9.78 Å². The van der Waals surface area contributed by atoms with Crippen molar-refractivity contribution in [2.75, 3.05) is 19.7 Å². The van der Waals surface area contributed by atoms with Crippen molar-refractivity contribution in [3.63, 3.8) is 0 Å². The van der Waals surface area contributed by atoms with E-state index in [2.05, 4.69) is 46.8 Å². The van der Waals surface area contributed by atoms with Crippen molar-refractivity contribution in [3.05, 3.63) is 53.7 Å². The Bertz CT molecular complexity index is 1450. The Balaban J connectivity index is 1.15. The molecule has 1 aromatic carbocycles. The average molecular weight is 579 g/mol. The van der Waals surface area contributed by atoms with Gasteiger partial charge in [0.1, 0.15) is 29.8 Å². The van der Waals surface area contributed by atoms with E-state index in [0.717, 1.165) is 60.8 Å². The van der Waals surface area contributed by atoms with E-state index in [9.17, 15) is 4.79 Å². The van der Waals surface area contributed by atoms with Gasteiger partial charge in [-0.2, -0.15) is 0 Å². The van der Waals surface area contributed by atoms with Crippen LogP contribution in [0.1, 0.15) is 59.1 Å². The highest BCUT2D eigenvalue weighted by Gasteiger charge is 2.26. The third-order valence-corrected chi connectivity index (χ3v) is 8.13. The molecule has 3 aromatic heterocycles. The van der Waals surface area contributed by atoms with Crippen LogP contribution in [0.15, 0.2) is 48.0 Å². The fraction of sp³-hybridized carbons (Fsp3) is 0.500. The molecule has 0 bridgehead atoms. The predicted molar refractivity (Wildman–Crippen MR) is 164 cm³/mol. The fourth-order valence-electron chi connectivity index (χ4n) is 5.25. The van der Waals surface area contributed by atoms with Crippen LogP contribution in [0.25, 0.3) is 21.7 Å². The zero-order valence-corrected chi connectivity index (χ0v) is 25.7. The van der Waals surface area contributed by atoms with Crippen LogP contribution in [0.3, 0.4) is 0 Å². The molecule has 0 aliphatic carbocycles. The minimum Gasteiger partial charge on any atom is -0.492 e. The summed E-state index contributed by atoms with van der Waals surface area (Å²) in [6, 6.07) is 12.2. The Hall–Kier alpha value is -3.46. The third kappa shape index (κ3) is 7.25. The molecule has 1 atom stereocenters. The van der Waals surface area contributed by atoms with Crippen molar-refractivity contribution in [1.82, 2.24) is 19.0 Å². The molecule has 1 amide bonds. The second kappa shape index (κ2) is 12.6. The van der Waals surface area contributed by atoms with E-state index >= 15 is 0 Å². The first-order valence-corrected chi connectivity index (χ1v) is 15.5. The summed E-state index contributed by atoms with van der Waals surface area (Å²) in [6.45, 7) is 10.5. The van der Waals surface area contributed by atoms with Crippen LogP contribution in [0.5, 0.6) is 11.5 Å². The number of aryl methyl sites for hydroxylation is 2. The van der Waals surface area contributed by atoms with E-state index in [1.54, 1.807) is 16.2 Å². The van der Waals surface area contributed by atoms with Crippen molar-refractivity contribution in [2.24, 2.45) is 7.05 Å². The first-order chi connectivity index (χ1) is 19.7. The number of ether oxygens (including phenoxy) is 3. The summed E-state index contributed by atoms with van der Waals surface area (Å²) in [5, 5.41) is 2.13. The number of likely N-dealkylation sites (tertiary alicyclic amines) is 1. The van der Waals surface area contributed by atoms with Crippen molar-refractivity contribution in [2.45, 2.75) is 78.0 Å². The molecule has 1 unspecified atom stereocenters. The highest BCUT2D eigenvalue weighted by atomic mass is 32.1. The van der Waals surface area contributed by atoms with Crippen molar-refractivity contribution in [3.8, 4) is 23.0 Å². The second-order valence-corrected chi connectivity index (χ2v) is 12.7. The van der Waals surface area contributed by atoms with Gasteiger partial charge in [0, 0.05) is 32.8 Å². The number of benzene rings is 1. The maximum atomic E-state index is 12.5. The normalized spacial score (nSPS) is 16.1. The van der Waals surface area contributed by atoms with Gasteiger partial charge in [-0.3, -0.25) is 0 Å². The largest absolute Gasteiger partial charge is 0.492 e. The summed E-state index contributed by atoms with van der Waals surface area (Å²) in [5.74, 6) is 2.61. The van der Waals surface area contributed by atoms with Crippen molar-refractivity contribution < 1.29 is 19.0 Å². The lowest BCUT2D eigenvalue weighted by molar-refractivity contribution is 0.0252. The Morgan fingerprint density at radius 1 is 1.10 bits per heavy atom. The summed E-state index contributed by atoms with van der Waals surface area (Å²) >= 11 is 1.76. The molecule has 5 rings (SSSR count). The molecule has 1 aliphatic rings. The Morgan fingerprint density at radius 2 is 1.88 bits per heavy atom. The van der Waals surface area contributed by atoms with E-state index in [-0.39, 0.29) is 12.2 Å². The molecule has 9 heteroatoms. The van der Waals surface area contributed by atoms with Gasteiger partial charge in [0.25, 0.3) is 0 Å². The number of rotatable bonds is 9. The number of carbonyl (C=O) groups is 1. The lowest BCUT2D eigenvalue weighted by atomic mass is 10.1. The molecule has 4 heterocycles. The average Bonchev–Trinajstić information content (AvgIpc) is 3.57. The molecule has 0 spiro atoms. The maximum Gasteiger partial charge on any atom is 0.410 e. The zero-order valence-electron chi connectivity index (χ0n) is 24.9. The number of hydrogen-bond donors (Lipinski definition) is 0. The van der Waals surface area contributed by atoms with E-state index in [1.165, 1.54) is 10.2 Å². The monoisotopic (exact) mass is 578 g/mol. The lowest BCUT2D eigenvalue weighted by Gasteiger charge is -2.26. The topological polar surface area (TPSA) is 70.8 Å². The Labute approximate surface area is 246 Å². The first kappa shape index (κ1) is 29.0. The first-order valence-electron chi connectivity index (χ1n) is 14.7. The summed E-state index contributed by atoms with van der Waals surface area (Å²) in [5.41, 5.74) is 2.99. The minimum atomic E-state index is -0.485. The van der Waals surface area contributed by atoms with Crippen LogP contribution < -0.4 is 9.47 Å². The van der Waals surface area contributed by atoms with Gasteiger partial charge < -0.3 is 28.2 Å². The zero-order chi connectivity index (χ0) is 29.0. The Kier molecular flexibility index (Phi) is 8.92. The van der Waals surface area contributed by atoms with E-state index in [0.29, 0.717) is 26.2 Å². The van der Waals surface area contributed by atoms with Crippen LogP contribution in [0.2, 0.25) is 0 Å². The number of amides is 1. The number of thiophene rings is 1.